The normalized spacial score (nSPS) is 10.5. The molecule has 0 atom stereocenters. The van der Waals surface area contributed by atoms with Crippen LogP contribution in [0, 0.1) is 0 Å². The first-order valence-electron chi connectivity index (χ1n) is 8.77. The standard InChI is InChI=1S/C16H32O2.Na.H3O4P.H/c1-2-3-4-5-6-7-8-9-10-11-12-13-14-15-16(17)18;;1-5(2,3)4;/h2-15H2,1H3,(H,17,18);;(H3,1,2,3,4);/q;+1;;-1. The average molecular weight is 378 g/mol. The molecule has 8 heteroatoms. The Hall–Kier alpha value is 0.580. The third-order valence-electron chi connectivity index (χ3n) is 3.49. The van der Waals surface area contributed by atoms with Gasteiger partial charge in [0, 0.05) is 6.42 Å². The van der Waals surface area contributed by atoms with Gasteiger partial charge in [0.15, 0.2) is 0 Å². The largest absolute Gasteiger partial charge is 1.00 e. The molecule has 0 amide bonds. The summed E-state index contributed by atoms with van der Waals surface area (Å²) in [5.41, 5.74) is 0. The molecule has 0 aliphatic rings. The summed E-state index contributed by atoms with van der Waals surface area (Å²) in [7, 11) is -4.64. The van der Waals surface area contributed by atoms with Crippen LogP contribution in [0.3, 0.4) is 0 Å². The molecule has 24 heavy (non-hydrogen) atoms. The molecule has 0 saturated heterocycles. The Kier molecular flexibility index (Phi) is 26.4. The van der Waals surface area contributed by atoms with Crippen LogP contribution in [0.5, 0.6) is 0 Å². The molecule has 0 saturated carbocycles. The van der Waals surface area contributed by atoms with Gasteiger partial charge >= 0.3 is 43.3 Å². The molecule has 0 aliphatic heterocycles. The zero-order valence-electron chi connectivity index (χ0n) is 16.5. The van der Waals surface area contributed by atoms with Gasteiger partial charge in [0.1, 0.15) is 0 Å². The predicted molar refractivity (Wildman–Crippen MR) is 93.3 cm³/mol. The molecule has 0 unspecified atom stereocenters. The van der Waals surface area contributed by atoms with E-state index in [1.807, 2.05) is 0 Å². The topological polar surface area (TPSA) is 115 Å². The Morgan fingerprint density at radius 2 is 1.00 bits per heavy atom. The van der Waals surface area contributed by atoms with Crippen LogP contribution >= 0.6 is 7.82 Å². The number of carbonyl (C=O) groups is 1. The molecule has 0 rings (SSSR count). The van der Waals surface area contributed by atoms with Crippen molar-refractivity contribution in [3.8, 4) is 0 Å². The summed E-state index contributed by atoms with van der Waals surface area (Å²) in [6, 6.07) is 0. The summed E-state index contributed by atoms with van der Waals surface area (Å²) < 4.78 is 8.88. The van der Waals surface area contributed by atoms with Crippen molar-refractivity contribution < 1.29 is 60.1 Å². The fourth-order valence-electron chi connectivity index (χ4n) is 2.29. The first-order valence-corrected chi connectivity index (χ1v) is 10.3. The average Bonchev–Trinajstić information content (AvgIpc) is 2.42. The Morgan fingerprint density at radius 1 is 0.750 bits per heavy atom. The molecule has 0 bridgehead atoms. The number of phosphoric acid groups is 1. The minimum absolute atomic E-state index is 0. The SMILES string of the molecule is CCCCCCCCCCCCCCCC(=O)O.O=P(O)(O)O.[H-].[Na+]. The summed E-state index contributed by atoms with van der Waals surface area (Å²) >= 11 is 0. The second-order valence-corrected chi connectivity index (χ2v) is 6.93. The molecule has 0 aromatic carbocycles. The molecule has 6 nitrogen and oxygen atoms in total. The van der Waals surface area contributed by atoms with Gasteiger partial charge < -0.3 is 21.2 Å². The zero-order chi connectivity index (χ0) is 18.0. The van der Waals surface area contributed by atoms with Gasteiger partial charge in [-0.15, -0.1) is 0 Å². The van der Waals surface area contributed by atoms with Gasteiger partial charge in [-0.25, -0.2) is 4.57 Å². The van der Waals surface area contributed by atoms with Crippen LogP contribution in [0.15, 0.2) is 0 Å². The fraction of sp³-hybridized carbons (Fsp3) is 0.938. The molecule has 0 spiro atoms. The number of aliphatic carboxylic acids is 1. The Bertz CT molecular complexity index is 307. The molecular weight excluding hydrogens is 342 g/mol. The van der Waals surface area contributed by atoms with Crippen LogP contribution in [0.1, 0.15) is 98.2 Å². The molecule has 0 aromatic heterocycles. The number of hydrogen-bond acceptors (Lipinski definition) is 2. The van der Waals surface area contributed by atoms with Crippen molar-refractivity contribution in [3.05, 3.63) is 0 Å². The van der Waals surface area contributed by atoms with E-state index in [1.165, 1.54) is 70.6 Å². The van der Waals surface area contributed by atoms with Crippen molar-refractivity contribution in [2.45, 2.75) is 96.8 Å². The van der Waals surface area contributed by atoms with Crippen LogP contribution < -0.4 is 29.6 Å². The smallest absolute Gasteiger partial charge is 1.00 e. The van der Waals surface area contributed by atoms with E-state index in [0.717, 1.165) is 12.8 Å². The van der Waals surface area contributed by atoms with E-state index in [9.17, 15) is 4.79 Å². The van der Waals surface area contributed by atoms with E-state index in [1.54, 1.807) is 0 Å². The third-order valence-corrected chi connectivity index (χ3v) is 3.49. The first-order chi connectivity index (χ1) is 10.8. The van der Waals surface area contributed by atoms with Crippen molar-refractivity contribution >= 4 is 13.8 Å². The van der Waals surface area contributed by atoms with E-state index < -0.39 is 13.8 Å². The molecule has 0 radical (unpaired) electrons. The summed E-state index contributed by atoms with van der Waals surface area (Å²) in [4.78, 5) is 31.9. The molecule has 0 aromatic rings. The maximum Gasteiger partial charge on any atom is 1.00 e. The second kappa shape index (κ2) is 21.6. The van der Waals surface area contributed by atoms with Gasteiger partial charge in [-0.1, -0.05) is 84.0 Å². The van der Waals surface area contributed by atoms with Gasteiger partial charge in [0.25, 0.3) is 0 Å². The molecule has 142 valence electrons. The van der Waals surface area contributed by atoms with Gasteiger partial charge in [0.2, 0.25) is 0 Å². The van der Waals surface area contributed by atoms with Gasteiger partial charge in [-0.05, 0) is 6.42 Å². The van der Waals surface area contributed by atoms with Crippen LogP contribution in [-0.2, 0) is 9.36 Å². The van der Waals surface area contributed by atoms with Crippen molar-refractivity contribution in [2.75, 3.05) is 0 Å². The quantitative estimate of drug-likeness (QED) is 0.208. The van der Waals surface area contributed by atoms with Crippen LogP contribution in [0.2, 0.25) is 0 Å². The molecule has 0 aliphatic carbocycles. The van der Waals surface area contributed by atoms with Crippen molar-refractivity contribution in [2.24, 2.45) is 0 Å². The minimum atomic E-state index is -4.64. The number of rotatable bonds is 14. The Balaban J connectivity index is -0.000000276. The fourth-order valence-corrected chi connectivity index (χ4v) is 2.29. The van der Waals surface area contributed by atoms with E-state index in [0.29, 0.717) is 6.42 Å². The molecule has 0 heterocycles. The van der Waals surface area contributed by atoms with Crippen LogP contribution in [-0.4, -0.2) is 25.8 Å². The van der Waals surface area contributed by atoms with Gasteiger partial charge in [-0.2, -0.15) is 0 Å². The maximum absolute atomic E-state index is 10.3. The summed E-state index contributed by atoms with van der Waals surface area (Å²) in [5, 5.41) is 8.49. The number of hydrogen-bond donors (Lipinski definition) is 4. The number of unbranched alkanes of at least 4 members (excludes halogenated alkanes) is 12. The second-order valence-electron chi connectivity index (χ2n) is 5.90. The number of carboxylic acids is 1. The Labute approximate surface area is 170 Å². The molecule has 4 N–H and O–H groups in total. The first kappa shape index (κ1) is 29.3. The van der Waals surface area contributed by atoms with E-state index in [2.05, 4.69) is 6.92 Å². The third kappa shape index (κ3) is 43.3. The summed E-state index contributed by atoms with van der Waals surface area (Å²) in [5.74, 6) is -0.655. The van der Waals surface area contributed by atoms with Crippen LogP contribution in [0.4, 0.5) is 0 Å². The summed E-state index contributed by atoms with van der Waals surface area (Å²) in [6.45, 7) is 2.26. The zero-order valence-corrected chi connectivity index (χ0v) is 18.3. The predicted octanol–water partition coefficient (Wildman–Crippen LogP) is 1.74. The maximum atomic E-state index is 10.3. The Morgan fingerprint density at radius 3 is 1.25 bits per heavy atom. The van der Waals surface area contributed by atoms with Crippen molar-refractivity contribution in [1.82, 2.24) is 0 Å². The molecular formula is C16H36NaO6P. The van der Waals surface area contributed by atoms with E-state index >= 15 is 0 Å². The molecule has 0 fully saturated rings. The summed E-state index contributed by atoms with van der Waals surface area (Å²) in [6.07, 6.45) is 17.3. The van der Waals surface area contributed by atoms with Gasteiger partial charge in [-0.3, -0.25) is 4.79 Å². The number of carboxylic acid groups (broad SMARTS) is 1. The van der Waals surface area contributed by atoms with E-state index in [4.69, 9.17) is 24.4 Å². The van der Waals surface area contributed by atoms with Crippen LogP contribution in [0.25, 0.3) is 0 Å². The monoisotopic (exact) mass is 378 g/mol. The minimum Gasteiger partial charge on any atom is -1.00 e. The van der Waals surface area contributed by atoms with Gasteiger partial charge in [0.05, 0.1) is 0 Å². The van der Waals surface area contributed by atoms with Crippen molar-refractivity contribution in [1.29, 1.82) is 0 Å². The van der Waals surface area contributed by atoms with Crippen molar-refractivity contribution in [3.63, 3.8) is 0 Å². The van der Waals surface area contributed by atoms with E-state index in [-0.39, 0.29) is 31.0 Å².